The maximum Gasteiger partial charge on any atom is 0.233 e. The zero-order valence-electron chi connectivity index (χ0n) is 18.7. The second kappa shape index (κ2) is 9.08. The highest BCUT2D eigenvalue weighted by atomic mass is 16.5. The van der Waals surface area contributed by atoms with Gasteiger partial charge in [-0.1, -0.05) is 31.4 Å². The molecule has 1 amide bonds. The lowest BCUT2D eigenvalue weighted by Gasteiger charge is -2.51. The molecular formula is C25H31NO5. The molecular weight excluding hydrogens is 394 g/mol. The van der Waals surface area contributed by atoms with Crippen molar-refractivity contribution in [1.82, 2.24) is 0 Å². The van der Waals surface area contributed by atoms with Gasteiger partial charge in [0.25, 0.3) is 0 Å². The molecule has 1 aliphatic carbocycles. The van der Waals surface area contributed by atoms with Gasteiger partial charge in [-0.3, -0.25) is 4.79 Å². The van der Waals surface area contributed by atoms with Gasteiger partial charge in [-0.15, -0.1) is 0 Å². The van der Waals surface area contributed by atoms with Crippen molar-refractivity contribution in [3.63, 3.8) is 0 Å². The molecule has 31 heavy (non-hydrogen) atoms. The van der Waals surface area contributed by atoms with E-state index in [-0.39, 0.29) is 17.9 Å². The van der Waals surface area contributed by atoms with Crippen molar-refractivity contribution in [3.8, 4) is 23.0 Å². The zero-order valence-corrected chi connectivity index (χ0v) is 18.7. The molecule has 0 aromatic heterocycles. The molecule has 0 bridgehead atoms. The molecule has 1 heterocycles. The Bertz CT molecular complexity index is 895. The van der Waals surface area contributed by atoms with E-state index in [1.807, 2.05) is 29.2 Å². The third-order valence-electron chi connectivity index (χ3n) is 6.68. The van der Waals surface area contributed by atoms with Crippen LogP contribution in [-0.4, -0.2) is 34.3 Å². The number of hydrogen-bond donors (Lipinski definition) is 0. The molecule has 2 aromatic rings. The number of rotatable bonds is 7. The van der Waals surface area contributed by atoms with Crippen molar-refractivity contribution in [2.24, 2.45) is 11.8 Å². The van der Waals surface area contributed by atoms with Crippen LogP contribution in [-0.2, 0) is 4.79 Å². The minimum Gasteiger partial charge on any atom is -0.497 e. The van der Waals surface area contributed by atoms with Crippen LogP contribution in [0.2, 0.25) is 0 Å². The third kappa shape index (κ3) is 3.80. The van der Waals surface area contributed by atoms with E-state index in [9.17, 15) is 4.79 Å². The van der Waals surface area contributed by atoms with E-state index in [0.717, 1.165) is 29.8 Å². The quantitative estimate of drug-likeness (QED) is 0.584. The summed E-state index contributed by atoms with van der Waals surface area (Å²) in [5.41, 5.74) is 1.87. The Kier molecular flexibility index (Phi) is 6.25. The van der Waals surface area contributed by atoms with E-state index >= 15 is 0 Å². The number of amides is 1. The molecule has 2 atom stereocenters. The van der Waals surface area contributed by atoms with Crippen LogP contribution in [0.1, 0.15) is 43.7 Å². The molecule has 1 aliphatic heterocycles. The van der Waals surface area contributed by atoms with Crippen LogP contribution < -0.4 is 23.8 Å². The van der Waals surface area contributed by atoms with Gasteiger partial charge in [0.2, 0.25) is 11.7 Å². The minimum absolute atomic E-state index is 0.00668. The first-order chi connectivity index (χ1) is 15.1. The van der Waals surface area contributed by atoms with Gasteiger partial charge >= 0.3 is 0 Å². The van der Waals surface area contributed by atoms with E-state index in [1.165, 1.54) is 19.3 Å². The summed E-state index contributed by atoms with van der Waals surface area (Å²) in [6.45, 7) is 0. The first-order valence-corrected chi connectivity index (χ1v) is 10.9. The summed E-state index contributed by atoms with van der Waals surface area (Å²) < 4.78 is 21.8. The van der Waals surface area contributed by atoms with Crippen LogP contribution in [0.5, 0.6) is 23.0 Å². The highest BCUT2D eigenvalue weighted by molar-refractivity contribution is 6.04. The lowest BCUT2D eigenvalue weighted by atomic mass is 9.69. The van der Waals surface area contributed by atoms with Crippen LogP contribution in [0.4, 0.5) is 5.69 Å². The third-order valence-corrected chi connectivity index (χ3v) is 6.68. The number of ether oxygens (including phenoxy) is 4. The summed E-state index contributed by atoms with van der Waals surface area (Å²) in [5, 5.41) is 0. The molecule has 6 heteroatoms. The highest BCUT2D eigenvalue weighted by Crippen LogP contribution is 2.52. The Balaban J connectivity index is 1.75. The van der Waals surface area contributed by atoms with Crippen molar-refractivity contribution in [3.05, 3.63) is 42.0 Å². The fraction of sp³-hybridized carbons (Fsp3) is 0.480. The van der Waals surface area contributed by atoms with Gasteiger partial charge in [0.1, 0.15) is 5.75 Å². The molecule has 1 unspecified atom stereocenters. The largest absolute Gasteiger partial charge is 0.497 e. The Morgan fingerprint density at radius 3 is 1.94 bits per heavy atom. The van der Waals surface area contributed by atoms with Crippen molar-refractivity contribution in [1.29, 1.82) is 0 Å². The molecule has 0 N–H and O–H groups in total. The molecule has 2 aliphatic rings. The average molecular weight is 426 g/mol. The molecule has 2 aromatic carbocycles. The van der Waals surface area contributed by atoms with Gasteiger partial charge < -0.3 is 23.8 Å². The van der Waals surface area contributed by atoms with Crippen LogP contribution >= 0.6 is 0 Å². The van der Waals surface area contributed by atoms with Gasteiger partial charge in [0, 0.05) is 12.1 Å². The van der Waals surface area contributed by atoms with Crippen molar-refractivity contribution in [2.45, 2.75) is 38.1 Å². The Labute approximate surface area is 184 Å². The Hall–Kier alpha value is -2.89. The SMILES string of the molecule is COc1ccc([C@@H]2C(C3CCCCC3)C(=O)N2c2cc(OC)c(OC)c(OC)c2)cc1. The maximum absolute atomic E-state index is 13.5. The van der Waals surface area contributed by atoms with Gasteiger partial charge in [-0.25, -0.2) is 0 Å². The minimum atomic E-state index is -0.0238. The second-order valence-corrected chi connectivity index (χ2v) is 8.23. The Morgan fingerprint density at radius 1 is 0.806 bits per heavy atom. The monoisotopic (exact) mass is 425 g/mol. The van der Waals surface area contributed by atoms with Crippen LogP contribution in [0.25, 0.3) is 0 Å². The number of benzene rings is 2. The van der Waals surface area contributed by atoms with Crippen LogP contribution in [0.3, 0.4) is 0 Å². The number of carbonyl (C=O) groups is 1. The van der Waals surface area contributed by atoms with E-state index in [0.29, 0.717) is 23.2 Å². The summed E-state index contributed by atoms with van der Waals surface area (Å²) in [4.78, 5) is 15.4. The molecule has 0 spiro atoms. The number of anilines is 1. The second-order valence-electron chi connectivity index (χ2n) is 8.23. The molecule has 166 valence electrons. The van der Waals surface area contributed by atoms with E-state index in [4.69, 9.17) is 18.9 Å². The van der Waals surface area contributed by atoms with Crippen molar-refractivity contribution in [2.75, 3.05) is 33.3 Å². The molecule has 6 nitrogen and oxygen atoms in total. The number of carbonyl (C=O) groups excluding carboxylic acids is 1. The molecule has 4 rings (SSSR count). The van der Waals surface area contributed by atoms with Gasteiger partial charge in [0.15, 0.2) is 11.5 Å². The predicted octanol–water partition coefficient (Wildman–Crippen LogP) is 5.01. The topological polar surface area (TPSA) is 57.2 Å². The first-order valence-electron chi connectivity index (χ1n) is 10.9. The van der Waals surface area contributed by atoms with Crippen LogP contribution in [0.15, 0.2) is 36.4 Å². The number of methoxy groups -OCH3 is 4. The first kappa shape index (κ1) is 21.3. The molecule has 1 saturated carbocycles. The number of nitrogens with zero attached hydrogens (tertiary/aromatic N) is 1. The van der Waals surface area contributed by atoms with Crippen LogP contribution in [0, 0.1) is 11.8 Å². The Morgan fingerprint density at radius 2 is 1.42 bits per heavy atom. The summed E-state index contributed by atoms with van der Waals surface area (Å²) >= 11 is 0. The lowest BCUT2D eigenvalue weighted by molar-refractivity contribution is -0.133. The highest BCUT2D eigenvalue weighted by Gasteiger charge is 2.52. The average Bonchev–Trinajstić information content (AvgIpc) is 2.82. The van der Waals surface area contributed by atoms with Gasteiger partial charge in [-0.05, 0) is 36.5 Å². The van der Waals surface area contributed by atoms with Gasteiger partial charge in [0.05, 0.1) is 46.1 Å². The summed E-state index contributed by atoms with van der Waals surface area (Å²) in [6.07, 6.45) is 5.90. The van der Waals surface area contributed by atoms with Gasteiger partial charge in [-0.2, -0.15) is 0 Å². The fourth-order valence-corrected chi connectivity index (χ4v) is 5.12. The summed E-state index contributed by atoms with van der Waals surface area (Å²) in [5.74, 6) is 2.99. The van der Waals surface area contributed by atoms with E-state index in [2.05, 4.69) is 12.1 Å². The van der Waals surface area contributed by atoms with Crippen molar-refractivity contribution < 1.29 is 23.7 Å². The van der Waals surface area contributed by atoms with Crippen molar-refractivity contribution >= 4 is 11.6 Å². The zero-order chi connectivity index (χ0) is 22.0. The fourth-order valence-electron chi connectivity index (χ4n) is 5.12. The smallest absolute Gasteiger partial charge is 0.233 e. The summed E-state index contributed by atoms with van der Waals surface area (Å²) in [7, 11) is 6.42. The van der Waals surface area contributed by atoms with E-state index < -0.39 is 0 Å². The standard InChI is InChI=1S/C25H31NO5/c1-28-19-12-10-17(11-13-19)23-22(16-8-6-5-7-9-16)25(27)26(23)18-14-20(29-2)24(31-4)21(15-18)30-3/h10-16,22-23H,5-9H2,1-4H3/t22?,23-/m1/s1. The molecule has 1 saturated heterocycles. The summed E-state index contributed by atoms with van der Waals surface area (Å²) in [6, 6.07) is 11.7. The molecule has 2 fully saturated rings. The number of β-lactam (4-membered cyclic amide) rings is 1. The molecule has 0 radical (unpaired) electrons. The lowest BCUT2D eigenvalue weighted by Crippen LogP contribution is -2.58. The normalized spacial score (nSPS) is 21.4. The number of hydrogen-bond acceptors (Lipinski definition) is 5. The van der Waals surface area contributed by atoms with E-state index in [1.54, 1.807) is 28.4 Å². The predicted molar refractivity (Wildman–Crippen MR) is 119 cm³/mol. The maximum atomic E-state index is 13.5.